The van der Waals surface area contributed by atoms with Crippen LogP contribution in [0.4, 0.5) is 0 Å². The highest BCUT2D eigenvalue weighted by molar-refractivity contribution is 5.93. The molecule has 4 nitrogen and oxygen atoms in total. The van der Waals surface area contributed by atoms with Crippen molar-refractivity contribution in [2.24, 2.45) is 4.99 Å². The lowest BCUT2D eigenvalue weighted by Gasteiger charge is -1.76. The molecule has 0 atom stereocenters. The van der Waals surface area contributed by atoms with Crippen molar-refractivity contribution in [1.29, 1.82) is 0 Å². The van der Waals surface area contributed by atoms with Gasteiger partial charge in [-0.3, -0.25) is 9.79 Å². The lowest BCUT2D eigenvalue weighted by atomic mass is 10.7. The Balaban J connectivity index is 0.000000222. The average Bonchev–Trinajstić information content (AvgIpc) is 2.24. The van der Waals surface area contributed by atoms with Gasteiger partial charge in [0, 0.05) is 7.11 Å². The molecule has 1 rings (SSSR count). The molecule has 4 heteroatoms. The second-order valence-corrected chi connectivity index (χ2v) is 1.04. The Morgan fingerprint density at radius 1 is 1.88 bits per heavy atom. The van der Waals surface area contributed by atoms with Crippen molar-refractivity contribution in [3.05, 3.63) is 0 Å². The van der Waals surface area contributed by atoms with Crippen LogP contribution in [0.25, 0.3) is 0 Å². The van der Waals surface area contributed by atoms with E-state index in [4.69, 9.17) is 5.11 Å². The van der Waals surface area contributed by atoms with Crippen LogP contribution in [0.3, 0.4) is 0 Å². The van der Waals surface area contributed by atoms with Crippen molar-refractivity contribution in [3.8, 4) is 0 Å². The predicted molar refractivity (Wildman–Crippen MR) is 29.6 cm³/mol. The zero-order valence-corrected chi connectivity index (χ0v) is 4.59. The highest BCUT2D eigenvalue weighted by Crippen LogP contribution is 1.73. The minimum Gasteiger partial charge on any atom is -0.400 e. The van der Waals surface area contributed by atoms with Gasteiger partial charge in [0.1, 0.15) is 6.54 Å². The number of rotatable bonds is 0. The van der Waals surface area contributed by atoms with Gasteiger partial charge in [-0.1, -0.05) is 0 Å². The average molecular weight is 116 g/mol. The largest absolute Gasteiger partial charge is 0.400 e. The summed E-state index contributed by atoms with van der Waals surface area (Å²) in [6.45, 7) is 0.306. The van der Waals surface area contributed by atoms with Crippen molar-refractivity contribution in [2.75, 3.05) is 13.7 Å². The van der Waals surface area contributed by atoms with Crippen LogP contribution in [0.5, 0.6) is 0 Å². The molecule has 0 fully saturated rings. The van der Waals surface area contributed by atoms with E-state index in [-0.39, 0.29) is 5.91 Å². The third-order valence-corrected chi connectivity index (χ3v) is 0.552. The van der Waals surface area contributed by atoms with E-state index in [9.17, 15) is 4.79 Å². The molecule has 0 aromatic carbocycles. The highest BCUT2D eigenvalue weighted by Gasteiger charge is 1.98. The molecule has 0 saturated heterocycles. The van der Waals surface area contributed by atoms with Crippen LogP contribution >= 0.6 is 0 Å². The summed E-state index contributed by atoms with van der Waals surface area (Å²) in [5, 5.41) is 9.39. The summed E-state index contributed by atoms with van der Waals surface area (Å²) in [5.74, 6) is -0.0185. The maximum Gasteiger partial charge on any atom is 0.246 e. The molecule has 1 aliphatic rings. The maximum absolute atomic E-state index is 10.0. The summed E-state index contributed by atoms with van der Waals surface area (Å²) < 4.78 is 0. The summed E-state index contributed by atoms with van der Waals surface area (Å²) in [7, 11) is 1.00. The highest BCUT2D eigenvalue weighted by atomic mass is 16.2. The van der Waals surface area contributed by atoms with Gasteiger partial charge in [0.25, 0.3) is 0 Å². The van der Waals surface area contributed by atoms with Crippen molar-refractivity contribution in [1.82, 2.24) is 5.32 Å². The van der Waals surface area contributed by atoms with Crippen LogP contribution in [-0.2, 0) is 4.79 Å². The van der Waals surface area contributed by atoms with Gasteiger partial charge in [-0.15, -0.1) is 0 Å². The van der Waals surface area contributed by atoms with Crippen LogP contribution in [0, 0.1) is 0 Å². The molecule has 0 aliphatic carbocycles. The van der Waals surface area contributed by atoms with Crippen LogP contribution in [0.1, 0.15) is 0 Å². The molecule has 0 aromatic heterocycles. The third-order valence-electron chi connectivity index (χ3n) is 0.552. The molecule has 0 saturated carbocycles. The van der Waals surface area contributed by atoms with Crippen LogP contribution < -0.4 is 5.32 Å². The Kier molecular flexibility index (Phi) is 3.78. The monoisotopic (exact) mass is 116 g/mol. The van der Waals surface area contributed by atoms with E-state index in [0.717, 1.165) is 7.11 Å². The summed E-state index contributed by atoms with van der Waals surface area (Å²) in [6, 6.07) is 0. The Morgan fingerprint density at radius 2 is 2.50 bits per heavy atom. The van der Waals surface area contributed by atoms with E-state index in [1.54, 1.807) is 0 Å². The molecule has 0 aromatic rings. The molecule has 0 spiro atoms. The lowest BCUT2D eigenvalue weighted by molar-refractivity contribution is -0.117. The van der Waals surface area contributed by atoms with Crippen molar-refractivity contribution in [2.45, 2.75) is 0 Å². The first kappa shape index (κ1) is 7.10. The second-order valence-electron chi connectivity index (χ2n) is 1.04. The molecule has 0 radical (unpaired) electrons. The van der Waals surface area contributed by atoms with Gasteiger partial charge in [0.2, 0.25) is 5.91 Å². The van der Waals surface area contributed by atoms with E-state index in [0.29, 0.717) is 6.54 Å². The first-order valence-electron chi connectivity index (χ1n) is 2.12. The van der Waals surface area contributed by atoms with E-state index in [1.807, 2.05) is 0 Å². The van der Waals surface area contributed by atoms with Gasteiger partial charge in [0.05, 0.1) is 6.34 Å². The number of aliphatic hydroxyl groups is 1. The quantitative estimate of drug-likeness (QED) is 0.415. The third kappa shape index (κ3) is 2.30. The van der Waals surface area contributed by atoms with Gasteiger partial charge in [-0.25, -0.2) is 0 Å². The van der Waals surface area contributed by atoms with Gasteiger partial charge in [-0.05, 0) is 0 Å². The molecular formula is C4H8N2O2. The lowest BCUT2D eigenvalue weighted by Crippen LogP contribution is -2.15. The van der Waals surface area contributed by atoms with E-state index in [1.165, 1.54) is 6.34 Å². The Morgan fingerprint density at radius 3 is 2.62 bits per heavy atom. The standard InChI is InChI=1S/C3H4N2O.CH4O/c6-3-1-4-2-5-3;1-2/h2H,1H2,(H,4,5,6);2H,1H3. The minimum absolute atomic E-state index is 0.0185. The molecule has 1 amide bonds. The number of aliphatic imine (C=N–C) groups is 1. The number of nitrogens with one attached hydrogen (secondary N) is 1. The second kappa shape index (κ2) is 4.26. The normalized spacial score (nSPS) is 14.5. The number of amides is 1. The summed E-state index contributed by atoms with van der Waals surface area (Å²) in [5.41, 5.74) is 0. The molecule has 0 unspecified atom stereocenters. The fraction of sp³-hybridized carbons (Fsp3) is 0.500. The van der Waals surface area contributed by atoms with Crippen molar-refractivity contribution in [3.63, 3.8) is 0 Å². The molecule has 2 N–H and O–H groups in total. The summed E-state index contributed by atoms with van der Waals surface area (Å²) in [4.78, 5) is 13.6. The molecule has 1 heterocycles. The number of nitrogens with zero attached hydrogens (tertiary/aromatic N) is 1. The number of carbonyl (C=O) groups is 1. The fourth-order valence-electron chi connectivity index (χ4n) is 0.292. The van der Waals surface area contributed by atoms with Crippen molar-refractivity contribution < 1.29 is 9.90 Å². The summed E-state index contributed by atoms with van der Waals surface area (Å²) in [6.07, 6.45) is 1.41. The van der Waals surface area contributed by atoms with Crippen LogP contribution in [0.15, 0.2) is 4.99 Å². The van der Waals surface area contributed by atoms with Gasteiger partial charge < -0.3 is 10.4 Å². The molecule has 46 valence electrons. The zero-order valence-electron chi connectivity index (χ0n) is 4.59. The van der Waals surface area contributed by atoms with Crippen molar-refractivity contribution >= 4 is 12.2 Å². The molecular weight excluding hydrogens is 108 g/mol. The minimum atomic E-state index is -0.0185. The zero-order chi connectivity index (χ0) is 6.41. The first-order chi connectivity index (χ1) is 3.89. The topological polar surface area (TPSA) is 61.7 Å². The fourth-order valence-corrected chi connectivity index (χ4v) is 0.292. The Labute approximate surface area is 47.2 Å². The molecule has 0 bridgehead atoms. The van der Waals surface area contributed by atoms with E-state index >= 15 is 0 Å². The van der Waals surface area contributed by atoms with E-state index in [2.05, 4.69) is 10.3 Å². The SMILES string of the molecule is CO.O=C1CN=CN1. The predicted octanol–water partition coefficient (Wildman–Crippen LogP) is -1.25. The molecule has 1 aliphatic heterocycles. The van der Waals surface area contributed by atoms with Crippen LogP contribution in [0.2, 0.25) is 0 Å². The summed E-state index contributed by atoms with van der Waals surface area (Å²) >= 11 is 0. The number of hydrogen-bond acceptors (Lipinski definition) is 3. The van der Waals surface area contributed by atoms with Gasteiger partial charge in [-0.2, -0.15) is 0 Å². The van der Waals surface area contributed by atoms with Crippen LogP contribution in [-0.4, -0.2) is 31.0 Å². The number of hydrogen-bond donors (Lipinski definition) is 2. The Bertz CT molecular complexity index is 90.2. The maximum atomic E-state index is 10.0. The molecule has 8 heavy (non-hydrogen) atoms. The first-order valence-corrected chi connectivity index (χ1v) is 2.12. The van der Waals surface area contributed by atoms with Gasteiger partial charge >= 0.3 is 0 Å². The Hall–Kier alpha value is -0.900. The number of aliphatic hydroxyl groups excluding tert-OH is 1. The van der Waals surface area contributed by atoms with E-state index < -0.39 is 0 Å². The number of carbonyl (C=O) groups excluding carboxylic acids is 1. The van der Waals surface area contributed by atoms with Gasteiger partial charge in [0.15, 0.2) is 0 Å². The smallest absolute Gasteiger partial charge is 0.246 e.